The zero-order chi connectivity index (χ0) is 19.8. The van der Waals surface area contributed by atoms with Crippen LogP contribution in [0, 0.1) is 11.8 Å². The van der Waals surface area contributed by atoms with Crippen LogP contribution in [0.1, 0.15) is 33.1 Å². The van der Waals surface area contributed by atoms with Crippen LogP contribution in [0.3, 0.4) is 0 Å². The van der Waals surface area contributed by atoms with Crippen molar-refractivity contribution in [3.8, 4) is 5.75 Å². The van der Waals surface area contributed by atoms with Crippen LogP contribution in [0.15, 0.2) is 24.3 Å². The second-order valence-electron chi connectivity index (χ2n) is 6.92. The summed E-state index contributed by atoms with van der Waals surface area (Å²) in [6, 6.07) is 7.12. The van der Waals surface area contributed by atoms with Crippen molar-refractivity contribution in [1.82, 2.24) is 10.2 Å². The van der Waals surface area contributed by atoms with Gasteiger partial charge in [0.25, 0.3) is 0 Å². The molecule has 1 aromatic rings. The Morgan fingerprint density at radius 2 is 1.96 bits per heavy atom. The van der Waals surface area contributed by atoms with Gasteiger partial charge in [0.15, 0.2) is 0 Å². The molecular weight excluding hydrogens is 346 g/mol. The maximum absolute atomic E-state index is 12.4. The van der Waals surface area contributed by atoms with E-state index in [1.807, 2.05) is 19.9 Å². The van der Waals surface area contributed by atoms with Gasteiger partial charge in [0.05, 0.1) is 19.3 Å². The first-order chi connectivity index (χ1) is 13.0. The number of carbonyl (C=O) groups is 3. The molecule has 7 heteroatoms. The number of nitrogens with zero attached hydrogens (tertiary/aromatic N) is 1. The molecule has 0 radical (unpaired) electrons. The van der Waals surface area contributed by atoms with E-state index >= 15 is 0 Å². The normalized spacial score (nSPS) is 17.7. The Kier molecular flexibility index (Phi) is 7.64. The van der Waals surface area contributed by atoms with E-state index in [0.717, 1.165) is 12.8 Å². The molecule has 0 bridgehead atoms. The van der Waals surface area contributed by atoms with Crippen molar-refractivity contribution >= 4 is 23.4 Å². The van der Waals surface area contributed by atoms with Gasteiger partial charge in [0.2, 0.25) is 17.7 Å². The molecule has 7 nitrogen and oxygen atoms in total. The van der Waals surface area contributed by atoms with Gasteiger partial charge < -0.3 is 20.3 Å². The molecule has 1 aliphatic carbocycles. The van der Waals surface area contributed by atoms with Crippen LogP contribution >= 0.6 is 0 Å². The Morgan fingerprint density at radius 3 is 2.59 bits per heavy atom. The highest BCUT2D eigenvalue weighted by Crippen LogP contribution is 2.37. The fraction of sp³-hybridized carbons (Fsp3) is 0.550. The number of hydrogen-bond donors (Lipinski definition) is 2. The van der Waals surface area contributed by atoms with E-state index in [1.54, 1.807) is 18.2 Å². The Labute approximate surface area is 160 Å². The number of rotatable bonds is 10. The fourth-order valence-electron chi connectivity index (χ4n) is 2.94. The number of hydrogen-bond acceptors (Lipinski definition) is 4. The van der Waals surface area contributed by atoms with E-state index in [-0.39, 0.29) is 36.6 Å². The van der Waals surface area contributed by atoms with E-state index in [0.29, 0.717) is 30.4 Å². The van der Waals surface area contributed by atoms with Crippen LogP contribution in [0.5, 0.6) is 5.75 Å². The molecule has 1 aliphatic rings. The number of nitrogens with one attached hydrogen (secondary N) is 2. The van der Waals surface area contributed by atoms with Crippen molar-refractivity contribution in [2.24, 2.45) is 11.8 Å². The maximum Gasteiger partial charge on any atom is 0.244 e. The summed E-state index contributed by atoms with van der Waals surface area (Å²) in [6.45, 7) is 4.76. The minimum absolute atomic E-state index is 0.0197. The summed E-state index contributed by atoms with van der Waals surface area (Å²) in [6.07, 6.45) is 1.86. The average molecular weight is 375 g/mol. The van der Waals surface area contributed by atoms with Crippen molar-refractivity contribution in [2.75, 3.05) is 32.1 Å². The molecule has 2 N–H and O–H groups in total. The average Bonchev–Trinajstić information content (AvgIpc) is 3.38. The van der Waals surface area contributed by atoms with Crippen molar-refractivity contribution in [3.05, 3.63) is 24.3 Å². The van der Waals surface area contributed by atoms with E-state index in [1.165, 1.54) is 12.0 Å². The third-order valence-electron chi connectivity index (χ3n) is 4.65. The van der Waals surface area contributed by atoms with Crippen LogP contribution in [0.4, 0.5) is 5.69 Å². The summed E-state index contributed by atoms with van der Waals surface area (Å²) < 4.78 is 5.22. The number of amides is 3. The van der Waals surface area contributed by atoms with Gasteiger partial charge in [-0.15, -0.1) is 0 Å². The largest absolute Gasteiger partial charge is 0.495 e. The first-order valence-corrected chi connectivity index (χ1v) is 9.44. The summed E-state index contributed by atoms with van der Waals surface area (Å²) in [5.41, 5.74) is 0.569. The maximum atomic E-state index is 12.4. The van der Waals surface area contributed by atoms with E-state index in [4.69, 9.17) is 4.74 Å². The Morgan fingerprint density at radius 1 is 1.26 bits per heavy atom. The molecule has 2 unspecified atom stereocenters. The van der Waals surface area contributed by atoms with Gasteiger partial charge >= 0.3 is 0 Å². The van der Waals surface area contributed by atoms with Gasteiger partial charge in [0, 0.05) is 25.4 Å². The van der Waals surface area contributed by atoms with Gasteiger partial charge in [0.1, 0.15) is 5.75 Å². The molecule has 2 atom stereocenters. The summed E-state index contributed by atoms with van der Waals surface area (Å²) in [4.78, 5) is 38.1. The quantitative estimate of drug-likeness (QED) is 0.655. The molecule has 0 aromatic heterocycles. The van der Waals surface area contributed by atoms with Gasteiger partial charge in [-0.1, -0.05) is 26.0 Å². The summed E-state index contributed by atoms with van der Waals surface area (Å²) in [7, 11) is 1.54. The number of benzene rings is 1. The second kappa shape index (κ2) is 9.94. The monoisotopic (exact) mass is 375 g/mol. The molecule has 1 fully saturated rings. The van der Waals surface area contributed by atoms with Crippen molar-refractivity contribution in [2.45, 2.75) is 33.1 Å². The van der Waals surface area contributed by atoms with E-state index < -0.39 is 0 Å². The van der Waals surface area contributed by atoms with E-state index in [2.05, 4.69) is 10.6 Å². The highest BCUT2D eigenvalue weighted by atomic mass is 16.5. The van der Waals surface area contributed by atoms with Crippen molar-refractivity contribution < 1.29 is 19.1 Å². The van der Waals surface area contributed by atoms with Gasteiger partial charge in [-0.05, 0) is 30.9 Å². The van der Waals surface area contributed by atoms with Crippen molar-refractivity contribution in [1.29, 1.82) is 0 Å². The zero-order valence-electron chi connectivity index (χ0n) is 16.3. The standard InChI is InChI=1S/C20H29N3O4/c1-4-11-23(19(25)9-10-21-20(26)15-12-14(15)2)13-18(24)22-16-7-5-6-8-17(16)27-3/h5-8,14-15H,4,9-13H2,1-3H3,(H,21,26)(H,22,24). The predicted octanol–water partition coefficient (Wildman–Crippen LogP) is 2.03. The highest BCUT2D eigenvalue weighted by Gasteiger charge is 2.38. The van der Waals surface area contributed by atoms with Crippen molar-refractivity contribution in [3.63, 3.8) is 0 Å². The number of methoxy groups -OCH3 is 1. The zero-order valence-corrected chi connectivity index (χ0v) is 16.3. The van der Waals surface area contributed by atoms with Gasteiger partial charge in [-0.25, -0.2) is 0 Å². The Hall–Kier alpha value is -2.57. The number of ether oxygens (including phenoxy) is 1. The molecular formula is C20H29N3O4. The molecule has 1 saturated carbocycles. The van der Waals surface area contributed by atoms with Crippen LogP contribution in [0.2, 0.25) is 0 Å². The second-order valence-corrected chi connectivity index (χ2v) is 6.92. The first kappa shape index (κ1) is 20.7. The summed E-state index contributed by atoms with van der Waals surface area (Å²) >= 11 is 0. The minimum atomic E-state index is -0.280. The smallest absolute Gasteiger partial charge is 0.244 e. The topological polar surface area (TPSA) is 87.7 Å². The summed E-state index contributed by atoms with van der Waals surface area (Å²) in [5, 5.41) is 5.59. The van der Waals surface area contributed by atoms with Crippen LogP contribution in [0.25, 0.3) is 0 Å². The molecule has 0 heterocycles. The molecule has 3 amide bonds. The molecule has 0 spiro atoms. The molecule has 1 aromatic carbocycles. The molecule has 2 rings (SSSR count). The minimum Gasteiger partial charge on any atom is -0.495 e. The highest BCUT2D eigenvalue weighted by molar-refractivity contribution is 5.95. The third kappa shape index (κ3) is 6.27. The lowest BCUT2D eigenvalue weighted by molar-refractivity contribution is -0.134. The number of carbonyl (C=O) groups excluding carboxylic acids is 3. The van der Waals surface area contributed by atoms with Gasteiger partial charge in [-0.2, -0.15) is 0 Å². The van der Waals surface area contributed by atoms with Crippen LogP contribution in [-0.2, 0) is 14.4 Å². The van der Waals surface area contributed by atoms with E-state index in [9.17, 15) is 14.4 Å². The molecule has 148 valence electrons. The molecule has 0 saturated heterocycles. The van der Waals surface area contributed by atoms with Gasteiger partial charge in [-0.3, -0.25) is 14.4 Å². The number of para-hydroxylation sites is 2. The Bertz CT molecular complexity index is 677. The lowest BCUT2D eigenvalue weighted by atomic mass is 10.2. The Balaban J connectivity index is 1.82. The van der Waals surface area contributed by atoms with Crippen LogP contribution in [-0.4, -0.2) is 49.4 Å². The lowest BCUT2D eigenvalue weighted by Crippen LogP contribution is -2.40. The third-order valence-corrected chi connectivity index (χ3v) is 4.65. The lowest BCUT2D eigenvalue weighted by Gasteiger charge is -2.22. The molecule has 0 aliphatic heterocycles. The SMILES string of the molecule is CCCN(CC(=O)Nc1ccccc1OC)C(=O)CCNC(=O)C1CC1C. The number of anilines is 1. The predicted molar refractivity (Wildman–Crippen MR) is 103 cm³/mol. The first-order valence-electron chi connectivity index (χ1n) is 9.44. The van der Waals surface area contributed by atoms with Crippen LogP contribution < -0.4 is 15.4 Å². The fourth-order valence-corrected chi connectivity index (χ4v) is 2.94. The molecule has 27 heavy (non-hydrogen) atoms. The summed E-state index contributed by atoms with van der Waals surface area (Å²) in [5.74, 6) is 0.699.